The van der Waals surface area contributed by atoms with Gasteiger partial charge in [0.05, 0.1) is 0 Å². The normalized spacial score (nSPS) is 29.1. The molecular weight excluding hydrogens is 162 g/mol. The third-order valence-electron chi connectivity index (χ3n) is 2.94. The van der Waals surface area contributed by atoms with Crippen LogP contribution in [0.4, 0.5) is 0 Å². The van der Waals surface area contributed by atoms with Crippen LogP contribution in [0.1, 0.15) is 37.4 Å². The molecule has 0 spiro atoms. The highest BCUT2D eigenvalue weighted by molar-refractivity contribution is 5.02. The first kappa shape index (κ1) is 8.75. The van der Waals surface area contributed by atoms with Gasteiger partial charge >= 0.3 is 0 Å². The van der Waals surface area contributed by atoms with Crippen molar-refractivity contribution in [3.63, 3.8) is 0 Å². The summed E-state index contributed by atoms with van der Waals surface area (Å²) in [5.74, 6) is 1.79. The van der Waals surface area contributed by atoms with Crippen molar-refractivity contribution in [1.82, 2.24) is 9.55 Å². The fourth-order valence-electron chi connectivity index (χ4n) is 2.23. The molecule has 1 aliphatic rings. The summed E-state index contributed by atoms with van der Waals surface area (Å²) in [5, 5.41) is 0. The summed E-state index contributed by atoms with van der Waals surface area (Å²) >= 11 is 0. The van der Waals surface area contributed by atoms with Gasteiger partial charge in [-0.1, -0.05) is 6.42 Å². The van der Waals surface area contributed by atoms with Gasteiger partial charge in [0.15, 0.2) is 0 Å². The predicted molar refractivity (Wildman–Crippen MR) is 52.4 cm³/mol. The zero-order chi connectivity index (χ0) is 9.26. The Balaban J connectivity index is 2.12. The minimum absolute atomic E-state index is 0.385. The number of aryl methyl sites for hydroxylation is 1. The molecule has 0 radical (unpaired) electrons. The average molecular weight is 179 g/mol. The number of rotatable bonds is 1. The second-order valence-electron chi connectivity index (χ2n) is 4.02. The molecule has 0 amide bonds. The van der Waals surface area contributed by atoms with Gasteiger partial charge in [-0.05, 0) is 19.3 Å². The molecule has 0 unspecified atom stereocenters. The molecule has 1 fully saturated rings. The zero-order valence-electron chi connectivity index (χ0n) is 8.11. The van der Waals surface area contributed by atoms with Crippen LogP contribution in [-0.2, 0) is 7.05 Å². The molecule has 1 saturated carbocycles. The lowest BCUT2D eigenvalue weighted by Crippen LogP contribution is -2.27. The number of hydrogen-bond acceptors (Lipinski definition) is 2. The second-order valence-corrected chi connectivity index (χ2v) is 4.02. The van der Waals surface area contributed by atoms with Gasteiger partial charge in [0, 0.05) is 31.4 Å². The molecule has 1 aliphatic carbocycles. The van der Waals surface area contributed by atoms with Crippen LogP contribution in [0, 0.1) is 0 Å². The van der Waals surface area contributed by atoms with E-state index in [1.165, 1.54) is 25.1 Å². The van der Waals surface area contributed by atoms with Gasteiger partial charge in [0.1, 0.15) is 5.82 Å². The monoisotopic (exact) mass is 179 g/mol. The summed E-state index contributed by atoms with van der Waals surface area (Å²) in [4.78, 5) is 4.38. The Hall–Kier alpha value is -0.830. The summed E-state index contributed by atoms with van der Waals surface area (Å²) in [5.41, 5.74) is 5.94. The van der Waals surface area contributed by atoms with Crippen molar-refractivity contribution in [1.29, 1.82) is 0 Å². The summed E-state index contributed by atoms with van der Waals surface area (Å²) < 4.78 is 2.11. The van der Waals surface area contributed by atoms with Crippen LogP contribution in [0.25, 0.3) is 0 Å². The number of hydrogen-bond donors (Lipinski definition) is 1. The topological polar surface area (TPSA) is 43.8 Å². The van der Waals surface area contributed by atoms with Gasteiger partial charge in [-0.15, -0.1) is 0 Å². The highest BCUT2D eigenvalue weighted by atomic mass is 15.0. The molecule has 13 heavy (non-hydrogen) atoms. The van der Waals surface area contributed by atoms with Crippen LogP contribution < -0.4 is 5.73 Å². The Kier molecular flexibility index (Phi) is 2.36. The van der Waals surface area contributed by atoms with Crippen LogP contribution >= 0.6 is 0 Å². The van der Waals surface area contributed by atoms with Crippen molar-refractivity contribution in [2.45, 2.75) is 37.6 Å². The molecule has 3 nitrogen and oxygen atoms in total. The van der Waals surface area contributed by atoms with E-state index in [1.54, 1.807) is 0 Å². The van der Waals surface area contributed by atoms with Gasteiger partial charge in [-0.3, -0.25) is 0 Å². The summed E-state index contributed by atoms with van der Waals surface area (Å²) in [6, 6.07) is 0.385. The first-order valence-electron chi connectivity index (χ1n) is 5.00. The average Bonchev–Trinajstić information content (AvgIpc) is 2.51. The van der Waals surface area contributed by atoms with Gasteiger partial charge in [0.25, 0.3) is 0 Å². The van der Waals surface area contributed by atoms with Crippen LogP contribution in [-0.4, -0.2) is 15.6 Å². The van der Waals surface area contributed by atoms with E-state index in [2.05, 4.69) is 16.6 Å². The SMILES string of the molecule is Cn1ccnc1[C@@H]1CCC[C@@H](N)C1. The smallest absolute Gasteiger partial charge is 0.111 e. The standard InChI is InChI=1S/C10H17N3/c1-13-6-5-12-10(13)8-3-2-4-9(11)7-8/h5-6,8-9H,2-4,7,11H2,1H3/t8-,9-/m1/s1. The summed E-state index contributed by atoms with van der Waals surface area (Å²) in [6.07, 6.45) is 8.66. The Morgan fingerprint density at radius 3 is 3.00 bits per heavy atom. The van der Waals surface area contributed by atoms with E-state index in [9.17, 15) is 0 Å². The molecule has 2 N–H and O–H groups in total. The minimum atomic E-state index is 0.385. The summed E-state index contributed by atoms with van der Waals surface area (Å²) in [7, 11) is 2.06. The van der Waals surface area contributed by atoms with E-state index < -0.39 is 0 Å². The van der Waals surface area contributed by atoms with Gasteiger partial charge < -0.3 is 10.3 Å². The van der Waals surface area contributed by atoms with E-state index in [4.69, 9.17) is 5.73 Å². The number of aromatic nitrogens is 2. The molecule has 0 aromatic carbocycles. The highest BCUT2D eigenvalue weighted by Crippen LogP contribution is 2.30. The quantitative estimate of drug-likeness (QED) is 0.708. The number of imidazole rings is 1. The van der Waals surface area contributed by atoms with E-state index in [0.717, 1.165) is 6.42 Å². The molecule has 0 aliphatic heterocycles. The Morgan fingerprint density at radius 1 is 1.54 bits per heavy atom. The molecule has 2 rings (SSSR count). The first-order valence-corrected chi connectivity index (χ1v) is 5.00. The number of nitrogens with zero attached hydrogens (tertiary/aromatic N) is 2. The third kappa shape index (κ3) is 1.75. The lowest BCUT2D eigenvalue weighted by molar-refractivity contribution is 0.377. The molecule has 0 saturated heterocycles. The van der Waals surface area contributed by atoms with Crippen LogP contribution in [0.15, 0.2) is 12.4 Å². The lowest BCUT2D eigenvalue weighted by Gasteiger charge is -2.25. The van der Waals surface area contributed by atoms with E-state index >= 15 is 0 Å². The molecule has 3 heteroatoms. The molecule has 72 valence electrons. The van der Waals surface area contributed by atoms with Crippen LogP contribution in [0.2, 0.25) is 0 Å². The lowest BCUT2D eigenvalue weighted by atomic mass is 9.85. The van der Waals surface area contributed by atoms with Crippen molar-refractivity contribution in [2.75, 3.05) is 0 Å². The van der Waals surface area contributed by atoms with E-state index in [1.807, 2.05) is 12.4 Å². The minimum Gasteiger partial charge on any atom is -0.338 e. The maximum absolute atomic E-state index is 5.94. The van der Waals surface area contributed by atoms with E-state index in [0.29, 0.717) is 12.0 Å². The Labute approximate surface area is 79.0 Å². The molecular formula is C10H17N3. The summed E-state index contributed by atoms with van der Waals surface area (Å²) in [6.45, 7) is 0. The zero-order valence-corrected chi connectivity index (χ0v) is 8.11. The Morgan fingerprint density at radius 2 is 2.38 bits per heavy atom. The van der Waals surface area contributed by atoms with Crippen molar-refractivity contribution in [2.24, 2.45) is 12.8 Å². The highest BCUT2D eigenvalue weighted by Gasteiger charge is 2.23. The molecule has 1 aromatic rings. The maximum Gasteiger partial charge on any atom is 0.111 e. The first-order chi connectivity index (χ1) is 6.27. The number of nitrogens with two attached hydrogens (primary N) is 1. The molecule has 1 heterocycles. The van der Waals surface area contributed by atoms with Crippen molar-refractivity contribution < 1.29 is 0 Å². The fourth-order valence-corrected chi connectivity index (χ4v) is 2.23. The third-order valence-corrected chi connectivity index (χ3v) is 2.94. The maximum atomic E-state index is 5.94. The molecule has 1 aromatic heterocycles. The largest absolute Gasteiger partial charge is 0.338 e. The van der Waals surface area contributed by atoms with Crippen molar-refractivity contribution in [3.05, 3.63) is 18.2 Å². The van der Waals surface area contributed by atoms with Crippen molar-refractivity contribution >= 4 is 0 Å². The second kappa shape index (κ2) is 3.50. The predicted octanol–water partition coefficient (Wildman–Crippen LogP) is 1.41. The van der Waals surface area contributed by atoms with Crippen molar-refractivity contribution in [3.8, 4) is 0 Å². The van der Waals surface area contributed by atoms with Crippen LogP contribution in [0.3, 0.4) is 0 Å². The molecule has 2 atom stereocenters. The Bertz CT molecular complexity index is 279. The fraction of sp³-hybridized carbons (Fsp3) is 0.700. The van der Waals surface area contributed by atoms with Crippen LogP contribution in [0.5, 0.6) is 0 Å². The van der Waals surface area contributed by atoms with E-state index in [-0.39, 0.29) is 0 Å². The van der Waals surface area contributed by atoms with Gasteiger partial charge in [0.2, 0.25) is 0 Å². The molecule has 0 bridgehead atoms. The van der Waals surface area contributed by atoms with Gasteiger partial charge in [-0.25, -0.2) is 4.98 Å². The van der Waals surface area contributed by atoms with Gasteiger partial charge in [-0.2, -0.15) is 0 Å².